The molecule has 0 heterocycles. The van der Waals surface area contributed by atoms with Gasteiger partial charge in [-0.15, -0.1) is 0 Å². The van der Waals surface area contributed by atoms with Crippen LogP contribution in [0.4, 0.5) is 0 Å². The number of hydrogen-bond donors (Lipinski definition) is 2. The molecule has 1 unspecified atom stereocenters. The van der Waals surface area contributed by atoms with Crippen LogP contribution in [-0.4, -0.2) is 66.3 Å². The third kappa shape index (κ3) is 35.1. The smallest absolute Gasteiger partial charge is 0.306 e. The number of aliphatic hydroxyl groups excluding tert-OH is 2. The third-order valence-electron chi connectivity index (χ3n) is 9.81. The number of carbonyl (C=O) groups excluding carboxylic acids is 1. The van der Waals surface area contributed by atoms with E-state index < -0.39 is 6.29 Å². The van der Waals surface area contributed by atoms with Crippen LogP contribution in [0.3, 0.4) is 0 Å². The minimum absolute atomic E-state index is 0.00331. The Kier molecular flexibility index (Phi) is 38.5. The fourth-order valence-corrected chi connectivity index (χ4v) is 6.62. The van der Waals surface area contributed by atoms with Crippen LogP contribution in [0.15, 0.2) is 0 Å². The Balaban J connectivity index is 4.01. The number of esters is 1. The summed E-state index contributed by atoms with van der Waals surface area (Å²) in [6.07, 6.45) is 35.6. The van der Waals surface area contributed by atoms with Crippen molar-refractivity contribution >= 4 is 5.97 Å². The number of ether oxygens (including phenoxy) is 2. The predicted octanol–water partition coefficient (Wildman–Crippen LogP) is 11.7. The van der Waals surface area contributed by atoms with E-state index in [1.807, 2.05) is 0 Å². The van der Waals surface area contributed by atoms with Crippen molar-refractivity contribution in [1.29, 1.82) is 0 Å². The van der Waals surface area contributed by atoms with E-state index in [2.05, 4.69) is 25.7 Å². The van der Waals surface area contributed by atoms with E-state index in [-0.39, 0.29) is 18.7 Å². The van der Waals surface area contributed by atoms with Gasteiger partial charge in [-0.05, 0) is 77.3 Å². The molecule has 288 valence electrons. The Morgan fingerprint density at radius 3 is 1.44 bits per heavy atom. The summed E-state index contributed by atoms with van der Waals surface area (Å²) in [4.78, 5) is 15.1. The van der Waals surface area contributed by atoms with Crippen molar-refractivity contribution in [3.8, 4) is 0 Å². The van der Waals surface area contributed by atoms with Crippen molar-refractivity contribution in [1.82, 2.24) is 4.90 Å². The second-order valence-corrected chi connectivity index (χ2v) is 14.6. The third-order valence-corrected chi connectivity index (χ3v) is 9.81. The molecule has 1 atom stereocenters. The fourth-order valence-electron chi connectivity index (χ4n) is 6.62. The van der Waals surface area contributed by atoms with Gasteiger partial charge in [0.1, 0.15) is 6.10 Å². The molecule has 48 heavy (non-hydrogen) atoms. The van der Waals surface area contributed by atoms with Crippen LogP contribution < -0.4 is 0 Å². The Labute approximate surface area is 299 Å². The lowest BCUT2D eigenvalue weighted by Gasteiger charge is -2.21. The number of hydrogen-bond acceptors (Lipinski definition) is 6. The van der Waals surface area contributed by atoms with Gasteiger partial charge >= 0.3 is 5.97 Å². The van der Waals surface area contributed by atoms with Crippen LogP contribution in [0.1, 0.15) is 220 Å². The van der Waals surface area contributed by atoms with Gasteiger partial charge in [-0.25, -0.2) is 0 Å². The number of rotatable bonds is 40. The Bertz CT molecular complexity index is 617. The first-order chi connectivity index (χ1) is 23.6. The highest BCUT2D eigenvalue weighted by Gasteiger charge is 2.14. The molecule has 0 radical (unpaired) electrons. The number of unbranched alkanes of at least 4 members (excludes halogenated alkanes) is 22. The highest BCUT2D eigenvalue weighted by atomic mass is 16.6. The molecule has 0 rings (SSSR count). The van der Waals surface area contributed by atoms with Crippen LogP contribution in [0.5, 0.6) is 0 Å². The van der Waals surface area contributed by atoms with Gasteiger partial charge in [0.15, 0.2) is 6.29 Å². The first-order valence-corrected chi connectivity index (χ1v) is 21.4. The van der Waals surface area contributed by atoms with Crippen molar-refractivity contribution in [2.45, 2.75) is 232 Å². The maximum atomic E-state index is 12.7. The SMILES string of the molecule is CCCCCCCCCOC(O)CCCCCCCN(CCO)CCCCCC(=O)OC(CCCCCCCC)CCCCCCCC. The van der Waals surface area contributed by atoms with E-state index in [4.69, 9.17) is 9.47 Å². The quantitative estimate of drug-likeness (QED) is 0.0380. The molecule has 0 bridgehead atoms. The molecule has 0 aliphatic carbocycles. The standard InChI is InChI=1S/C42H85NO5/c1-4-7-10-13-16-22-30-39-47-41(45)33-26-20-17-21-28-35-43(37-38-44)36-29-23-27-34-42(46)48-40(31-24-18-14-11-8-5-2)32-25-19-15-12-9-6-3/h40-41,44-45H,4-39H2,1-3H3. The van der Waals surface area contributed by atoms with Gasteiger partial charge in [0, 0.05) is 19.6 Å². The van der Waals surface area contributed by atoms with Gasteiger partial charge in [-0.3, -0.25) is 4.79 Å². The number of nitrogens with zero attached hydrogens (tertiary/aromatic N) is 1. The van der Waals surface area contributed by atoms with Crippen LogP contribution in [0, 0.1) is 0 Å². The van der Waals surface area contributed by atoms with Crippen LogP contribution in [0.25, 0.3) is 0 Å². The van der Waals surface area contributed by atoms with E-state index >= 15 is 0 Å². The van der Waals surface area contributed by atoms with E-state index in [1.54, 1.807) is 0 Å². The molecule has 0 aliphatic heterocycles. The average Bonchev–Trinajstić information content (AvgIpc) is 3.08. The molecule has 0 aromatic heterocycles. The van der Waals surface area contributed by atoms with Crippen LogP contribution in [0.2, 0.25) is 0 Å². The van der Waals surface area contributed by atoms with Gasteiger partial charge in [-0.1, -0.05) is 149 Å². The molecule has 0 saturated heterocycles. The van der Waals surface area contributed by atoms with Gasteiger partial charge in [-0.2, -0.15) is 0 Å². The minimum atomic E-state index is -0.608. The predicted molar refractivity (Wildman–Crippen MR) is 206 cm³/mol. The minimum Gasteiger partial charge on any atom is -0.462 e. The molecule has 0 aromatic rings. The summed E-state index contributed by atoms with van der Waals surface area (Å²) in [6.45, 7) is 10.4. The summed E-state index contributed by atoms with van der Waals surface area (Å²) < 4.78 is 11.6. The maximum absolute atomic E-state index is 12.7. The molecule has 0 fully saturated rings. The van der Waals surface area contributed by atoms with Gasteiger partial charge in [0.25, 0.3) is 0 Å². The summed E-state index contributed by atoms with van der Waals surface area (Å²) in [5.74, 6) is -0.00331. The second-order valence-electron chi connectivity index (χ2n) is 14.6. The van der Waals surface area contributed by atoms with Crippen molar-refractivity contribution in [2.24, 2.45) is 0 Å². The van der Waals surface area contributed by atoms with Crippen molar-refractivity contribution in [2.75, 3.05) is 32.8 Å². The lowest BCUT2D eigenvalue weighted by Crippen LogP contribution is -2.29. The molecular formula is C42H85NO5. The zero-order chi connectivity index (χ0) is 35.2. The zero-order valence-corrected chi connectivity index (χ0v) is 32.7. The highest BCUT2D eigenvalue weighted by molar-refractivity contribution is 5.69. The fraction of sp³-hybridized carbons (Fsp3) is 0.976. The second kappa shape index (κ2) is 39.1. The van der Waals surface area contributed by atoms with E-state index in [1.165, 1.54) is 128 Å². The summed E-state index contributed by atoms with van der Waals surface area (Å²) in [5, 5.41) is 19.6. The van der Waals surface area contributed by atoms with E-state index in [0.717, 1.165) is 83.8 Å². The first-order valence-electron chi connectivity index (χ1n) is 21.4. The summed E-state index contributed by atoms with van der Waals surface area (Å²) >= 11 is 0. The van der Waals surface area contributed by atoms with Gasteiger partial charge < -0.3 is 24.6 Å². The Morgan fingerprint density at radius 2 is 0.938 bits per heavy atom. The van der Waals surface area contributed by atoms with E-state index in [0.29, 0.717) is 13.0 Å². The summed E-state index contributed by atoms with van der Waals surface area (Å²) in [7, 11) is 0. The Morgan fingerprint density at radius 1 is 0.521 bits per heavy atom. The Hall–Kier alpha value is -0.690. The van der Waals surface area contributed by atoms with Gasteiger partial charge in [0.2, 0.25) is 0 Å². The molecule has 2 N–H and O–H groups in total. The van der Waals surface area contributed by atoms with Crippen LogP contribution in [-0.2, 0) is 14.3 Å². The average molecular weight is 684 g/mol. The topological polar surface area (TPSA) is 79.2 Å². The maximum Gasteiger partial charge on any atom is 0.306 e. The zero-order valence-electron chi connectivity index (χ0n) is 32.7. The molecule has 0 spiro atoms. The highest BCUT2D eigenvalue weighted by Crippen LogP contribution is 2.18. The molecule has 0 aromatic carbocycles. The number of carbonyl (C=O) groups is 1. The molecule has 0 amide bonds. The normalized spacial score (nSPS) is 12.4. The van der Waals surface area contributed by atoms with Gasteiger partial charge in [0.05, 0.1) is 6.61 Å². The number of aliphatic hydroxyl groups is 2. The van der Waals surface area contributed by atoms with Crippen LogP contribution >= 0.6 is 0 Å². The monoisotopic (exact) mass is 684 g/mol. The largest absolute Gasteiger partial charge is 0.462 e. The van der Waals surface area contributed by atoms with Crippen molar-refractivity contribution in [3.63, 3.8) is 0 Å². The molecule has 6 heteroatoms. The summed E-state index contributed by atoms with van der Waals surface area (Å²) in [6, 6.07) is 0. The lowest BCUT2D eigenvalue weighted by molar-refractivity contribution is -0.150. The van der Waals surface area contributed by atoms with Crippen molar-refractivity contribution in [3.05, 3.63) is 0 Å². The van der Waals surface area contributed by atoms with Crippen molar-refractivity contribution < 1.29 is 24.5 Å². The molecule has 0 aliphatic rings. The summed E-state index contributed by atoms with van der Waals surface area (Å²) in [5.41, 5.74) is 0. The lowest BCUT2D eigenvalue weighted by atomic mass is 10.0. The molecule has 0 saturated carbocycles. The molecule has 6 nitrogen and oxygen atoms in total. The first kappa shape index (κ1) is 47.3. The van der Waals surface area contributed by atoms with E-state index in [9.17, 15) is 15.0 Å². The molecular weight excluding hydrogens is 598 g/mol.